The summed E-state index contributed by atoms with van der Waals surface area (Å²) in [6.07, 6.45) is 0. The smallest absolute Gasteiger partial charge is 0.231 e. The van der Waals surface area contributed by atoms with Crippen LogP contribution in [0.3, 0.4) is 0 Å². The molecule has 0 bridgehead atoms. The van der Waals surface area contributed by atoms with Crippen molar-refractivity contribution < 1.29 is 14.6 Å². The number of rotatable bonds is 6. The van der Waals surface area contributed by atoms with Crippen molar-refractivity contribution in [2.75, 3.05) is 13.7 Å². The third-order valence-corrected chi connectivity index (χ3v) is 2.72. The first-order valence-electron chi connectivity index (χ1n) is 5.82. The van der Waals surface area contributed by atoms with Gasteiger partial charge in [0.25, 0.3) is 0 Å². The summed E-state index contributed by atoms with van der Waals surface area (Å²) in [6.45, 7) is 4.79. The summed E-state index contributed by atoms with van der Waals surface area (Å²) in [7, 11) is 1.50. The maximum atomic E-state index is 11.0. The molecule has 0 unspecified atom stereocenters. The third-order valence-electron chi connectivity index (χ3n) is 2.72. The lowest BCUT2D eigenvalue weighted by Gasteiger charge is -2.25. The van der Waals surface area contributed by atoms with Crippen molar-refractivity contribution in [2.24, 2.45) is 5.73 Å². The molecule has 0 aliphatic heterocycles. The number of carbonyl (C=O) groups excluding carboxylic acids is 1. The Morgan fingerprint density at radius 3 is 2.67 bits per heavy atom. The number of hydrogen-bond acceptors (Lipinski definition) is 4. The van der Waals surface area contributed by atoms with Gasteiger partial charge in [-0.3, -0.25) is 9.69 Å². The molecular weight excluding hydrogens is 232 g/mol. The van der Waals surface area contributed by atoms with Gasteiger partial charge in [-0.25, -0.2) is 0 Å². The second kappa shape index (κ2) is 6.26. The van der Waals surface area contributed by atoms with E-state index in [9.17, 15) is 9.90 Å². The largest absolute Gasteiger partial charge is 0.504 e. The molecule has 18 heavy (non-hydrogen) atoms. The lowest BCUT2D eigenvalue weighted by atomic mass is 10.1. The SMILES string of the molecule is COc1cc(CN(CC(N)=O)C(C)C)ccc1O. The number of nitrogens with two attached hydrogens (primary N) is 1. The second-order valence-electron chi connectivity index (χ2n) is 4.47. The summed E-state index contributed by atoms with van der Waals surface area (Å²) in [5.74, 6) is 0.178. The van der Waals surface area contributed by atoms with E-state index in [4.69, 9.17) is 10.5 Å². The maximum absolute atomic E-state index is 11.0. The Bertz CT molecular complexity index is 419. The molecule has 1 aromatic carbocycles. The monoisotopic (exact) mass is 252 g/mol. The van der Waals surface area contributed by atoms with Crippen molar-refractivity contribution >= 4 is 5.91 Å². The average Bonchev–Trinajstić information content (AvgIpc) is 2.29. The number of amides is 1. The lowest BCUT2D eigenvalue weighted by molar-refractivity contribution is -0.119. The number of ether oxygens (including phenoxy) is 1. The number of aromatic hydroxyl groups is 1. The molecular formula is C13H20N2O3. The van der Waals surface area contributed by atoms with Crippen molar-refractivity contribution in [3.05, 3.63) is 23.8 Å². The van der Waals surface area contributed by atoms with Crippen LogP contribution in [0, 0.1) is 0 Å². The molecule has 0 aliphatic carbocycles. The summed E-state index contributed by atoms with van der Waals surface area (Å²) in [6, 6.07) is 5.34. The number of nitrogens with zero attached hydrogens (tertiary/aromatic N) is 1. The molecule has 1 aromatic rings. The van der Waals surface area contributed by atoms with Crippen LogP contribution in [-0.2, 0) is 11.3 Å². The number of benzene rings is 1. The Kier molecular flexibility index (Phi) is 4.97. The van der Waals surface area contributed by atoms with Crippen LogP contribution in [0.4, 0.5) is 0 Å². The van der Waals surface area contributed by atoms with E-state index < -0.39 is 0 Å². The minimum Gasteiger partial charge on any atom is -0.504 e. The zero-order chi connectivity index (χ0) is 13.7. The van der Waals surface area contributed by atoms with E-state index in [0.717, 1.165) is 5.56 Å². The van der Waals surface area contributed by atoms with Gasteiger partial charge in [-0.15, -0.1) is 0 Å². The van der Waals surface area contributed by atoms with E-state index in [1.54, 1.807) is 18.2 Å². The predicted octanol–water partition coefficient (Wildman–Crippen LogP) is 1.10. The molecule has 0 aliphatic rings. The first-order valence-corrected chi connectivity index (χ1v) is 5.82. The fourth-order valence-corrected chi connectivity index (χ4v) is 1.68. The van der Waals surface area contributed by atoms with Gasteiger partial charge in [0.1, 0.15) is 0 Å². The third kappa shape index (κ3) is 3.92. The first kappa shape index (κ1) is 14.3. The lowest BCUT2D eigenvalue weighted by Crippen LogP contribution is -2.37. The highest BCUT2D eigenvalue weighted by molar-refractivity contribution is 5.75. The van der Waals surface area contributed by atoms with Crippen LogP contribution in [0.1, 0.15) is 19.4 Å². The van der Waals surface area contributed by atoms with Crippen LogP contribution >= 0.6 is 0 Å². The van der Waals surface area contributed by atoms with Crippen molar-refractivity contribution in [1.29, 1.82) is 0 Å². The molecule has 1 amide bonds. The molecule has 0 saturated carbocycles. The van der Waals surface area contributed by atoms with Crippen LogP contribution in [0.2, 0.25) is 0 Å². The molecule has 0 fully saturated rings. The molecule has 0 atom stereocenters. The van der Waals surface area contributed by atoms with Crippen LogP contribution in [0.15, 0.2) is 18.2 Å². The summed E-state index contributed by atoms with van der Waals surface area (Å²) in [5, 5.41) is 9.51. The second-order valence-corrected chi connectivity index (χ2v) is 4.47. The number of methoxy groups -OCH3 is 1. The number of phenols is 1. The minimum absolute atomic E-state index is 0.104. The molecule has 5 heteroatoms. The Balaban J connectivity index is 2.83. The van der Waals surface area contributed by atoms with Crippen LogP contribution in [0.5, 0.6) is 11.5 Å². The van der Waals surface area contributed by atoms with Crippen molar-refractivity contribution in [3.63, 3.8) is 0 Å². The standard InChI is InChI=1S/C13H20N2O3/c1-9(2)15(8-13(14)17)7-10-4-5-11(16)12(6-10)18-3/h4-6,9,16H,7-8H2,1-3H3,(H2,14,17). The van der Waals surface area contributed by atoms with Crippen molar-refractivity contribution in [3.8, 4) is 11.5 Å². The van der Waals surface area contributed by atoms with Crippen LogP contribution < -0.4 is 10.5 Å². The van der Waals surface area contributed by atoms with Crippen LogP contribution in [0.25, 0.3) is 0 Å². The summed E-state index contributed by atoms with van der Waals surface area (Å²) >= 11 is 0. The average molecular weight is 252 g/mol. The van der Waals surface area contributed by atoms with Crippen molar-refractivity contribution in [1.82, 2.24) is 4.90 Å². The molecule has 5 nitrogen and oxygen atoms in total. The fraction of sp³-hybridized carbons (Fsp3) is 0.462. The van der Waals surface area contributed by atoms with Gasteiger partial charge in [0.15, 0.2) is 11.5 Å². The molecule has 0 aromatic heterocycles. The number of hydrogen-bond donors (Lipinski definition) is 2. The van der Waals surface area contributed by atoms with Gasteiger partial charge >= 0.3 is 0 Å². The van der Waals surface area contributed by atoms with E-state index in [0.29, 0.717) is 12.3 Å². The Labute approximate surface area is 107 Å². The zero-order valence-corrected chi connectivity index (χ0v) is 11.0. The van der Waals surface area contributed by atoms with E-state index >= 15 is 0 Å². The molecule has 3 N–H and O–H groups in total. The number of carbonyl (C=O) groups is 1. The van der Waals surface area contributed by atoms with Gasteiger partial charge in [0, 0.05) is 12.6 Å². The van der Waals surface area contributed by atoms with Crippen molar-refractivity contribution in [2.45, 2.75) is 26.4 Å². The molecule has 100 valence electrons. The molecule has 0 saturated heterocycles. The van der Waals surface area contributed by atoms with E-state index in [1.807, 2.05) is 18.7 Å². The highest BCUT2D eigenvalue weighted by Crippen LogP contribution is 2.26. The van der Waals surface area contributed by atoms with E-state index in [-0.39, 0.29) is 24.2 Å². The van der Waals surface area contributed by atoms with Gasteiger partial charge in [-0.1, -0.05) is 6.07 Å². The predicted molar refractivity (Wildman–Crippen MR) is 69.4 cm³/mol. The van der Waals surface area contributed by atoms with Gasteiger partial charge in [0.2, 0.25) is 5.91 Å². The van der Waals surface area contributed by atoms with Gasteiger partial charge < -0.3 is 15.6 Å². The summed E-state index contributed by atoms with van der Waals surface area (Å²) in [5.41, 5.74) is 6.18. The van der Waals surface area contributed by atoms with Gasteiger partial charge in [-0.2, -0.15) is 0 Å². The van der Waals surface area contributed by atoms with E-state index in [2.05, 4.69) is 0 Å². The molecule has 0 spiro atoms. The Morgan fingerprint density at radius 1 is 1.50 bits per heavy atom. The topological polar surface area (TPSA) is 75.8 Å². The highest BCUT2D eigenvalue weighted by Gasteiger charge is 2.13. The molecule has 0 radical (unpaired) electrons. The Morgan fingerprint density at radius 2 is 2.17 bits per heavy atom. The number of phenolic OH excluding ortho intramolecular Hbond substituents is 1. The quantitative estimate of drug-likeness (QED) is 0.795. The maximum Gasteiger partial charge on any atom is 0.231 e. The fourth-order valence-electron chi connectivity index (χ4n) is 1.68. The zero-order valence-electron chi connectivity index (χ0n) is 11.0. The minimum atomic E-state index is -0.352. The molecule has 0 heterocycles. The van der Waals surface area contributed by atoms with Gasteiger partial charge in [-0.05, 0) is 31.5 Å². The van der Waals surface area contributed by atoms with Crippen LogP contribution in [-0.4, -0.2) is 35.6 Å². The van der Waals surface area contributed by atoms with E-state index in [1.165, 1.54) is 7.11 Å². The summed E-state index contributed by atoms with van der Waals surface area (Å²) in [4.78, 5) is 12.9. The normalized spacial score (nSPS) is 10.9. The number of primary amides is 1. The molecule has 1 rings (SSSR count). The highest BCUT2D eigenvalue weighted by atomic mass is 16.5. The van der Waals surface area contributed by atoms with Gasteiger partial charge in [0.05, 0.1) is 13.7 Å². The Hall–Kier alpha value is -1.75. The first-order chi connectivity index (χ1) is 8.43. The summed E-state index contributed by atoms with van der Waals surface area (Å²) < 4.78 is 5.05.